The molecule has 0 aliphatic carbocycles. The van der Waals surface area contributed by atoms with Gasteiger partial charge in [-0.15, -0.1) is 0 Å². The molecule has 3 aromatic carbocycles. The molecular weight excluding hydrogens is 366 g/mol. The van der Waals surface area contributed by atoms with Crippen LogP contribution in [0, 0.1) is 6.92 Å². The van der Waals surface area contributed by atoms with Crippen molar-refractivity contribution in [3.63, 3.8) is 0 Å². The van der Waals surface area contributed by atoms with Crippen molar-refractivity contribution in [1.82, 2.24) is 0 Å². The van der Waals surface area contributed by atoms with Gasteiger partial charge >= 0.3 is 0 Å². The molecule has 0 saturated carbocycles. The predicted molar refractivity (Wildman–Crippen MR) is 113 cm³/mol. The normalized spacial score (nSPS) is 11.4. The maximum Gasteiger partial charge on any atom is 0.255 e. The van der Waals surface area contributed by atoms with E-state index in [0.29, 0.717) is 28.3 Å². The van der Waals surface area contributed by atoms with Crippen molar-refractivity contribution < 1.29 is 19.1 Å². The van der Waals surface area contributed by atoms with Crippen LogP contribution in [0.2, 0.25) is 0 Å². The number of hydrogen-bond acceptors (Lipinski definition) is 4. The summed E-state index contributed by atoms with van der Waals surface area (Å²) in [7, 11) is 1.58. The first-order valence-electron chi connectivity index (χ1n) is 9.30. The number of benzene rings is 3. The number of anilines is 1. The molecule has 0 aliphatic rings. The minimum atomic E-state index is -0.675. The minimum absolute atomic E-state index is 0.137. The molecule has 5 nitrogen and oxygen atoms in total. The van der Waals surface area contributed by atoms with Gasteiger partial charge in [-0.3, -0.25) is 9.59 Å². The maximum atomic E-state index is 12.6. The van der Waals surface area contributed by atoms with Crippen molar-refractivity contribution in [2.75, 3.05) is 12.4 Å². The van der Waals surface area contributed by atoms with Crippen LogP contribution in [0.1, 0.15) is 33.2 Å². The van der Waals surface area contributed by atoms with Gasteiger partial charge in [0.2, 0.25) is 5.78 Å². The van der Waals surface area contributed by atoms with Crippen molar-refractivity contribution >= 4 is 17.4 Å². The molecule has 1 atom stereocenters. The molecule has 1 N–H and O–H groups in total. The van der Waals surface area contributed by atoms with Gasteiger partial charge in [-0.25, -0.2) is 0 Å². The van der Waals surface area contributed by atoms with Gasteiger partial charge in [0, 0.05) is 22.9 Å². The lowest BCUT2D eigenvalue weighted by molar-refractivity contribution is 0.0818. The summed E-state index contributed by atoms with van der Waals surface area (Å²) < 4.78 is 10.9. The molecule has 0 heterocycles. The van der Waals surface area contributed by atoms with Gasteiger partial charge in [0.15, 0.2) is 6.10 Å². The van der Waals surface area contributed by atoms with Crippen LogP contribution >= 0.6 is 0 Å². The zero-order chi connectivity index (χ0) is 20.8. The van der Waals surface area contributed by atoms with Crippen LogP contribution < -0.4 is 14.8 Å². The summed E-state index contributed by atoms with van der Waals surface area (Å²) in [6, 6.07) is 21.3. The van der Waals surface area contributed by atoms with Crippen LogP contribution in [0.25, 0.3) is 0 Å². The lowest BCUT2D eigenvalue weighted by Gasteiger charge is -2.15. The van der Waals surface area contributed by atoms with Crippen LogP contribution in [-0.2, 0) is 0 Å². The third-order valence-electron chi connectivity index (χ3n) is 4.54. The highest BCUT2D eigenvalue weighted by Crippen LogP contribution is 2.21. The molecule has 0 bridgehead atoms. The van der Waals surface area contributed by atoms with E-state index in [0.717, 1.165) is 5.56 Å². The van der Waals surface area contributed by atoms with E-state index in [9.17, 15) is 9.59 Å². The summed E-state index contributed by atoms with van der Waals surface area (Å²) in [5.41, 5.74) is 2.65. The molecule has 0 radical (unpaired) electrons. The first-order valence-corrected chi connectivity index (χ1v) is 9.30. The third-order valence-corrected chi connectivity index (χ3v) is 4.54. The summed E-state index contributed by atoms with van der Waals surface area (Å²) in [6.07, 6.45) is -0.675. The zero-order valence-corrected chi connectivity index (χ0v) is 16.6. The number of rotatable bonds is 7. The van der Waals surface area contributed by atoms with Gasteiger partial charge in [-0.05, 0) is 61.9 Å². The Labute approximate surface area is 170 Å². The highest BCUT2D eigenvalue weighted by Gasteiger charge is 2.17. The fourth-order valence-corrected chi connectivity index (χ4v) is 2.92. The smallest absolute Gasteiger partial charge is 0.255 e. The Morgan fingerprint density at radius 2 is 1.62 bits per heavy atom. The van der Waals surface area contributed by atoms with Crippen LogP contribution in [0.15, 0.2) is 72.8 Å². The Kier molecular flexibility index (Phi) is 6.29. The number of aryl methyl sites for hydroxylation is 1. The largest absolute Gasteiger partial charge is 0.497 e. The van der Waals surface area contributed by atoms with Crippen molar-refractivity contribution in [1.29, 1.82) is 0 Å². The number of carbonyl (C=O) groups is 2. The quantitative estimate of drug-likeness (QED) is 0.584. The standard InChI is InChI=1S/C24H23NO4/c1-16-7-4-5-10-22(16)24(27)25-19-8-6-9-21(15-19)29-17(2)23(26)18-11-13-20(28-3)14-12-18/h4-15,17H,1-3H3,(H,25,27)/t17-/m0/s1. The highest BCUT2D eigenvalue weighted by molar-refractivity contribution is 6.05. The van der Waals surface area contributed by atoms with Gasteiger partial charge < -0.3 is 14.8 Å². The number of Topliss-reactive ketones (excluding diaryl/α,β-unsaturated/α-hetero) is 1. The molecule has 0 saturated heterocycles. The first-order chi connectivity index (χ1) is 14.0. The van der Waals surface area contributed by atoms with Gasteiger partial charge in [-0.2, -0.15) is 0 Å². The molecular formula is C24H23NO4. The molecule has 0 unspecified atom stereocenters. The Morgan fingerprint density at radius 3 is 2.31 bits per heavy atom. The Hall–Kier alpha value is -3.60. The van der Waals surface area contributed by atoms with E-state index in [4.69, 9.17) is 9.47 Å². The molecule has 0 aliphatic heterocycles. The lowest BCUT2D eigenvalue weighted by atomic mass is 10.1. The van der Waals surface area contributed by atoms with Crippen LogP contribution in [0.5, 0.6) is 11.5 Å². The van der Waals surface area contributed by atoms with E-state index in [-0.39, 0.29) is 11.7 Å². The fourth-order valence-electron chi connectivity index (χ4n) is 2.92. The fraction of sp³-hybridized carbons (Fsp3) is 0.167. The maximum absolute atomic E-state index is 12.6. The third kappa shape index (κ3) is 5.02. The lowest BCUT2D eigenvalue weighted by Crippen LogP contribution is -2.24. The molecule has 1 amide bonds. The van der Waals surface area contributed by atoms with E-state index < -0.39 is 6.10 Å². The minimum Gasteiger partial charge on any atom is -0.497 e. The zero-order valence-electron chi connectivity index (χ0n) is 16.6. The summed E-state index contributed by atoms with van der Waals surface area (Å²) in [5, 5.41) is 2.87. The molecule has 29 heavy (non-hydrogen) atoms. The van der Waals surface area contributed by atoms with Crippen molar-refractivity contribution in [3.05, 3.63) is 89.5 Å². The molecule has 5 heteroatoms. The van der Waals surface area contributed by atoms with Crippen molar-refractivity contribution in [2.45, 2.75) is 20.0 Å². The van der Waals surface area contributed by atoms with Crippen molar-refractivity contribution in [2.24, 2.45) is 0 Å². The Bertz CT molecular complexity index is 1010. The summed E-state index contributed by atoms with van der Waals surface area (Å²) in [4.78, 5) is 25.1. The van der Waals surface area contributed by atoms with Crippen molar-refractivity contribution in [3.8, 4) is 11.5 Å². The van der Waals surface area contributed by atoms with E-state index >= 15 is 0 Å². The number of ketones is 1. The average molecular weight is 389 g/mol. The number of nitrogens with one attached hydrogen (secondary N) is 1. The van der Waals surface area contributed by atoms with E-state index in [1.807, 2.05) is 25.1 Å². The van der Waals surface area contributed by atoms with E-state index in [2.05, 4.69) is 5.32 Å². The van der Waals surface area contributed by atoms with Crippen LogP contribution in [0.3, 0.4) is 0 Å². The second-order valence-electron chi connectivity index (χ2n) is 6.65. The first kappa shape index (κ1) is 20.1. The monoisotopic (exact) mass is 389 g/mol. The number of ether oxygens (including phenoxy) is 2. The van der Waals surface area contributed by atoms with Gasteiger partial charge in [0.05, 0.1) is 7.11 Å². The summed E-state index contributed by atoms with van der Waals surface area (Å²) in [6.45, 7) is 3.59. The van der Waals surface area contributed by atoms with Gasteiger partial charge in [0.1, 0.15) is 11.5 Å². The SMILES string of the molecule is COc1ccc(C(=O)[C@H](C)Oc2cccc(NC(=O)c3ccccc3C)c2)cc1. The molecule has 148 valence electrons. The van der Waals surface area contributed by atoms with E-state index in [1.54, 1.807) is 68.6 Å². The second kappa shape index (κ2) is 9.06. The highest BCUT2D eigenvalue weighted by atomic mass is 16.5. The molecule has 3 aromatic rings. The number of amides is 1. The summed E-state index contributed by atoms with van der Waals surface area (Å²) in [5.74, 6) is 0.860. The molecule has 3 rings (SSSR count). The van der Waals surface area contributed by atoms with Gasteiger partial charge in [-0.1, -0.05) is 24.3 Å². The number of methoxy groups -OCH3 is 1. The number of carbonyl (C=O) groups excluding carboxylic acids is 2. The molecule has 0 fully saturated rings. The topological polar surface area (TPSA) is 64.6 Å². The molecule has 0 aromatic heterocycles. The Balaban J connectivity index is 1.68. The van der Waals surface area contributed by atoms with Crippen LogP contribution in [-0.4, -0.2) is 24.9 Å². The Morgan fingerprint density at radius 1 is 0.897 bits per heavy atom. The van der Waals surface area contributed by atoms with E-state index in [1.165, 1.54) is 0 Å². The average Bonchev–Trinajstić information content (AvgIpc) is 2.73. The molecule has 0 spiro atoms. The predicted octanol–water partition coefficient (Wildman–Crippen LogP) is 4.91. The second-order valence-corrected chi connectivity index (χ2v) is 6.65. The van der Waals surface area contributed by atoms with Gasteiger partial charge in [0.25, 0.3) is 5.91 Å². The van der Waals surface area contributed by atoms with Crippen LogP contribution in [0.4, 0.5) is 5.69 Å². The summed E-state index contributed by atoms with van der Waals surface area (Å²) >= 11 is 0. The number of hydrogen-bond donors (Lipinski definition) is 1.